The second-order valence-corrected chi connectivity index (χ2v) is 7.72. The van der Waals surface area contributed by atoms with Crippen molar-refractivity contribution in [2.45, 2.75) is 31.9 Å². The van der Waals surface area contributed by atoms with Crippen molar-refractivity contribution in [2.24, 2.45) is 0 Å². The average molecular weight is 307 g/mol. The molecule has 1 saturated heterocycles. The Labute approximate surface area is 124 Å². The minimum absolute atomic E-state index is 0.0673. The quantitative estimate of drug-likeness (QED) is 0.833. The predicted molar refractivity (Wildman–Crippen MR) is 80.2 cm³/mol. The molecule has 1 fully saturated rings. The van der Waals surface area contributed by atoms with Gasteiger partial charge in [0, 0.05) is 12.0 Å². The third-order valence-electron chi connectivity index (χ3n) is 3.42. The third kappa shape index (κ3) is 2.33. The van der Waals surface area contributed by atoms with Crippen LogP contribution in [0.2, 0.25) is 0 Å². The highest BCUT2D eigenvalue weighted by molar-refractivity contribution is 7.98. The van der Waals surface area contributed by atoms with Gasteiger partial charge in [-0.25, -0.2) is 12.7 Å². The summed E-state index contributed by atoms with van der Waals surface area (Å²) >= 11 is 0. The van der Waals surface area contributed by atoms with Crippen LogP contribution in [0.1, 0.15) is 31.4 Å². The number of hydrogen-bond donors (Lipinski definition) is 1. The number of benzene rings is 1. The van der Waals surface area contributed by atoms with E-state index >= 15 is 0 Å². The Kier molecular flexibility index (Phi) is 3.83. The summed E-state index contributed by atoms with van der Waals surface area (Å²) in [7, 11) is -3.70. The standard InChI is InChI=1S/C15H17NO4S/c1-11-7-8-13(12(10-11)6-4-5-9-17)16-14(18)15(2,3)21(16,19)20/h7-8,10,17H,5,9H2,1-3H3. The summed E-state index contributed by atoms with van der Waals surface area (Å²) < 4.78 is 24.0. The van der Waals surface area contributed by atoms with Crippen LogP contribution < -0.4 is 4.31 Å². The number of carbonyl (C=O) groups is 1. The number of aliphatic hydroxyl groups is 1. The van der Waals surface area contributed by atoms with Gasteiger partial charge in [0.25, 0.3) is 15.9 Å². The molecule has 112 valence electrons. The van der Waals surface area contributed by atoms with Crippen molar-refractivity contribution in [1.82, 2.24) is 0 Å². The summed E-state index contributed by atoms with van der Waals surface area (Å²) in [5, 5.41) is 8.77. The first-order valence-corrected chi connectivity index (χ1v) is 7.97. The fourth-order valence-corrected chi connectivity index (χ4v) is 3.53. The maximum Gasteiger partial charge on any atom is 0.263 e. The molecule has 0 saturated carbocycles. The van der Waals surface area contributed by atoms with E-state index in [1.54, 1.807) is 18.2 Å². The molecule has 1 aromatic carbocycles. The number of anilines is 1. The van der Waals surface area contributed by atoms with Crippen LogP contribution in [0, 0.1) is 18.8 Å². The smallest absolute Gasteiger partial charge is 0.263 e. The van der Waals surface area contributed by atoms with Crippen LogP contribution in [-0.2, 0) is 14.8 Å². The number of carbonyl (C=O) groups excluding carboxylic acids is 1. The van der Waals surface area contributed by atoms with Crippen LogP contribution in [-0.4, -0.2) is 30.8 Å². The Bertz CT molecular complexity index is 754. The van der Waals surface area contributed by atoms with Crippen molar-refractivity contribution in [1.29, 1.82) is 0 Å². The van der Waals surface area contributed by atoms with Gasteiger partial charge in [0.1, 0.15) is 0 Å². The van der Waals surface area contributed by atoms with Gasteiger partial charge in [0.05, 0.1) is 12.3 Å². The fraction of sp³-hybridized carbons (Fsp3) is 0.400. The Morgan fingerprint density at radius 3 is 2.57 bits per heavy atom. The molecule has 1 aliphatic rings. The number of aliphatic hydroxyl groups excluding tert-OH is 1. The Balaban J connectivity index is 2.52. The molecule has 1 heterocycles. The first kappa shape index (κ1) is 15.5. The molecule has 1 N–H and O–H groups in total. The second-order valence-electron chi connectivity index (χ2n) is 5.38. The molecule has 21 heavy (non-hydrogen) atoms. The summed E-state index contributed by atoms with van der Waals surface area (Å²) in [5.74, 6) is 5.11. The first-order valence-electron chi connectivity index (χ1n) is 6.53. The topological polar surface area (TPSA) is 74.7 Å². The molecule has 1 aliphatic heterocycles. The van der Waals surface area contributed by atoms with Gasteiger partial charge < -0.3 is 5.11 Å². The van der Waals surface area contributed by atoms with E-state index in [0.29, 0.717) is 12.0 Å². The van der Waals surface area contributed by atoms with E-state index in [1.165, 1.54) is 13.8 Å². The van der Waals surface area contributed by atoms with Crippen LogP contribution in [0.5, 0.6) is 0 Å². The number of hydrogen-bond acceptors (Lipinski definition) is 4. The highest BCUT2D eigenvalue weighted by atomic mass is 32.2. The summed E-state index contributed by atoms with van der Waals surface area (Å²) in [5.41, 5.74) is 1.66. The molecule has 0 spiro atoms. The third-order valence-corrected chi connectivity index (χ3v) is 5.72. The van der Waals surface area contributed by atoms with Gasteiger partial charge in [-0.2, -0.15) is 0 Å². The van der Waals surface area contributed by atoms with Crippen LogP contribution >= 0.6 is 0 Å². The van der Waals surface area contributed by atoms with Crippen molar-refractivity contribution in [2.75, 3.05) is 10.9 Å². The Morgan fingerprint density at radius 2 is 2.00 bits per heavy atom. The zero-order valence-electron chi connectivity index (χ0n) is 12.2. The van der Waals surface area contributed by atoms with Crippen LogP contribution in [0.25, 0.3) is 0 Å². The largest absolute Gasteiger partial charge is 0.395 e. The van der Waals surface area contributed by atoms with Crippen LogP contribution in [0.15, 0.2) is 18.2 Å². The number of nitrogens with zero attached hydrogens (tertiary/aromatic N) is 1. The van der Waals surface area contributed by atoms with Crippen molar-refractivity contribution < 1.29 is 18.3 Å². The van der Waals surface area contributed by atoms with Crippen molar-refractivity contribution in [3.63, 3.8) is 0 Å². The summed E-state index contributed by atoms with van der Waals surface area (Å²) in [6.07, 6.45) is 0.291. The molecule has 0 radical (unpaired) electrons. The number of amides is 1. The van der Waals surface area contributed by atoms with Crippen LogP contribution in [0.3, 0.4) is 0 Å². The lowest BCUT2D eigenvalue weighted by Gasteiger charge is -2.43. The van der Waals surface area contributed by atoms with Crippen molar-refractivity contribution in [3.05, 3.63) is 29.3 Å². The minimum atomic E-state index is -3.70. The molecular formula is C15H17NO4S. The fourth-order valence-electron chi connectivity index (χ4n) is 2.03. The lowest BCUT2D eigenvalue weighted by molar-refractivity contribution is -0.120. The molecule has 0 bridgehead atoms. The molecule has 1 aromatic rings. The zero-order valence-corrected chi connectivity index (χ0v) is 13.0. The maximum absolute atomic E-state index is 12.3. The molecular weight excluding hydrogens is 290 g/mol. The van der Waals surface area contributed by atoms with E-state index in [1.807, 2.05) is 6.92 Å². The van der Waals surface area contributed by atoms with Gasteiger partial charge in [-0.3, -0.25) is 4.79 Å². The molecule has 0 atom stereocenters. The minimum Gasteiger partial charge on any atom is -0.395 e. The summed E-state index contributed by atoms with van der Waals surface area (Å²) in [6, 6.07) is 5.05. The summed E-state index contributed by atoms with van der Waals surface area (Å²) in [6.45, 7) is 4.58. The van der Waals surface area contributed by atoms with Crippen molar-refractivity contribution >= 4 is 21.6 Å². The Morgan fingerprint density at radius 1 is 1.33 bits per heavy atom. The molecule has 5 nitrogen and oxygen atoms in total. The average Bonchev–Trinajstić information content (AvgIpc) is 2.41. The first-order chi connectivity index (χ1) is 9.73. The normalized spacial score (nSPS) is 18.7. The van der Waals surface area contributed by atoms with E-state index in [-0.39, 0.29) is 12.3 Å². The van der Waals surface area contributed by atoms with E-state index < -0.39 is 20.7 Å². The SMILES string of the molecule is Cc1ccc(N2C(=O)C(C)(C)S2(=O)=O)c(C#CCCO)c1. The van der Waals surface area contributed by atoms with E-state index in [4.69, 9.17) is 5.11 Å². The zero-order chi connectivity index (χ0) is 15.8. The monoisotopic (exact) mass is 307 g/mol. The molecule has 2 rings (SSSR count). The van der Waals surface area contributed by atoms with Gasteiger partial charge in [0.2, 0.25) is 0 Å². The van der Waals surface area contributed by atoms with Gasteiger partial charge in [0.15, 0.2) is 4.75 Å². The highest BCUT2D eigenvalue weighted by Crippen LogP contribution is 2.40. The predicted octanol–water partition coefficient (Wildman–Crippen LogP) is 1.18. The van der Waals surface area contributed by atoms with Gasteiger partial charge in [-0.15, -0.1) is 0 Å². The highest BCUT2D eigenvalue weighted by Gasteiger charge is 2.61. The molecule has 6 heteroatoms. The number of rotatable bonds is 2. The molecule has 0 aromatic heterocycles. The number of aryl methyl sites for hydroxylation is 1. The van der Waals surface area contributed by atoms with Gasteiger partial charge >= 0.3 is 0 Å². The maximum atomic E-state index is 12.3. The van der Waals surface area contributed by atoms with E-state index in [9.17, 15) is 13.2 Å². The van der Waals surface area contributed by atoms with Gasteiger partial charge in [-0.1, -0.05) is 17.9 Å². The summed E-state index contributed by atoms with van der Waals surface area (Å²) in [4.78, 5) is 12.1. The second kappa shape index (κ2) is 5.17. The molecule has 1 amide bonds. The van der Waals surface area contributed by atoms with E-state index in [0.717, 1.165) is 9.87 Å². The molecule has 0 aliphatic carbocycles. The lowest BCUT2D eigenvalue weighted by atomic mass is 10.1. The number of sulfonamides is 1. The lowest BCUT2D eigenvalue weighted by Crippen LogP contribution is -2.67. The van der Waals surface area contributed by atoms with E-state index in [2.05, 4.69) is 11.8 Å². The Hall–Kier alpha value is -1.84. The van der Waals surface area contributed by atoms with Crippen molar-refractivity contribution in [3.8, 4) is 11.8 Å². The van der Waals surface area contributed by atoms with Crippen LogP contribution in [0.4, 0.5) is 5.69 Å². The van der Waals surface area contributed by atoms with Gasteiger partial charge in [-0.05, 0) is 38.5 Å². The molecule has 0 unspecified atom stereocenters.